The van der Waals surface area contributed by atoms with Gasteiger partial charge < -0.3 is 9.84 Å². The van der Waals surface area contributed by atoms with Gasteiger partial charge >= 0.3 is 5.97 Å². The number of carboxylic acids is 1. The third-order valence-corrected chi connectivity index (χ3v) is 6.93. The molecule has 0 bridgehead atoms. The number of ketones is 1. The molecule has 160 valence electrons. The Labute approximate surface area is 179 Å². The summed E-state index contributed by atoms with van der Waals surface area (Å²) < 4.78 is 5.41. The van der Waals surface area contributed by atoms with Gasteiger partial charge in [0.15, 0.2) is 0 Å². The van der Waals surface area contributed by atoms with E-state index < -0.39 is 11.9 Å². The smallest absolute Gasteiger partial charge is 0.346 e. The van der Waals surface area contributed by atoms with Crippen LogP contribution in [0.1, 0.15) is 85.8 Å². The first-order valence-corrected chi connectivity index (χ1v) is 11.5. The fraction of sp³-hybridized carbons (Fsp3) is 0.667. The van der Waals surface area contributed by atoms with E-state index >= 15 is 0 Å². The summed E-state index contributed by atoms with van der Waals surface area (Å²) in [6, 6.07) is 1.84. The Bertz CT molecular complexity index is 760. The van der Waals surface area contributed by atoms with Crippen molar-refractivity contribution in [1.29, 1.82) is 0 Å². The van der Waals surface area contributed by atoms with E-state index in [0.717, 1.165) is 32.1 Å². The monoisotopic (exact) mass is 418 g/mol. The number of methoxy groups -OCH3 is 1. The molecular weight excluding hydrogens is 384 g/mol. The highest BCUT2D eigenvalue weighted by atomic mass is 32.1. The van der Waals surface area contributed by atoms with Gasteiger partial charge in [0.05, 0.1) is 11.5 Å². The number of ether oxygens (including phenoxy) is 1. The average Bonchev–Trinajstić information content (AvgIpc) is 3.10. The van der Waals surface area contributed by atoms with Crippen LogP contribution in [0.2, 0.25) is 0 Å². The predicted molar refractivity (Wildman–Crippen MR) is 118 cm³/mol. The maximum Gasteiger partial charge on any atom is 0.346 e. The Hall–Kier alpha value is -1.64. The fourth-order valence-corrected chi connectivity index (χ4v) is 5.09. The van der Waals surface area contributed by atoms with Crippen molar-refractivity contribution in [2.75, 3.05) is 13.7 Å². The topological polar surface area (TPSA) is 63.6 Å². The molecule has 0 saturated heterocycles. The van der Waals surface area contributed by atoms with Crippen molar-refractivity contribution >= 4 is 23.1 Å². The molecule has 1 N–H and O–H groups in total. The summed E-state index contributed by atoms with van der Waals surface area (Å²) in [4.78, 5) is 26.6. The third-order valence-electron chi connectivity index (χ3n) is 5.88. The summed E-state index contributed by atoms with van der Waals surface area (Å²) in [5.74, 6) is 5.78. The van der Waals surface area contributed by atoms with E-state index in [1.165, 1.54) is 11.3 Å². The Morgan fingerprint density at radius 2 is 1.93 bits per heavy atom. The van der Waals surface area contributed by atoms with Crippen molar-refractivity contribution in [2.45, 2.75) is 65.7 Å². The van der Waals surface area contributed by atoms with Crippen molar-refractivity contribution in [3.63, 3.8) is 0 Å². The van der Waals surface area contributed by atoms with Crippen LogP contribution in [-0.2, 0) is 9.53 Å². The number of carboxylic acid groups (broad SMARTS) is 1. The first-order chi connectivity index (χ1) is 13.8. The van der Waals surface area contributed by atoms with Gasteiger partial charge in [0.1, 0.15) is 10.7 Å². The van der Waals surface area contributed by atoms with Gasteiger partial charge in [0.2, 0.25) is 0 Å². The summed E-state index contributed by atoms with van der Waals surface area (Å²) >= 11 is 1.18. The second kappa shape index (κ2) is 10.9. The molecule has 1 unspecified atom stereocenters. The van der Waals surface area contributed by atoms with Gasteiger partial charge in [-0.15, -0.1) is 11.3 Å². The second-order valence-corrected chi connectivity index (χ2v) is 9.64. The van der Waals surface area contributed by atoms with E-state index in [-0.39, 0.29) is 28.4 Å². The number of thiophene rings is 1. The average molecular weight is 419 g/mol. The van der Waals surface area contributed by atoms with E-state index in [0.29, 0.717) is 23.0 Å². The van der Waals surface area contributed by atoms with E-state index in [4.69, 9.17) is 4.74 Å². The lowest BCUT2D eigenvalue weighted by atomic mass is 9.72. The Morgan fingerprint density at radius 3 is 2.45 bits per heavy atom. The maximum absolute atomic E-state index is 13.7. The number of Topliss-reactive ketones (excluding diaryl/α,β-unsaturated/α-hetero) is 1. The van der Waals surface area contributed by atoms with Gasteiger partial charge in [-0.1, -0.05) is 58.8 Å². The maximum atomic E-state index is 13.7. The number of aromatic carboxylic acids is 1. The minimum Gasteiger partial charge on any atom is -0.477 e. The first kappa shape index (κ1) is 23.6. The number of carbonyl (C=O) groups excluding carboxylic acids is 1. The van der Waals surface area contributed by atoms with Gasteiger partial charge in [-0.3, -0.25) is 4.79 Å². The van der Waals surface area contributed by atoms with Crippen molar-refractivity contribution in [3.05, 3.63) is 21.4 Å². The van der Waals surface area contributed by atoms with Crippen LogP contribution in [0.25, 0.3) is 0 Å². The fourth-order valence-electron chi connectivity index (χ4n) is 4.18. The zero-order valence-corrected chi connectivity index (χ0v) is 19.1. The summed E-state index contributed by atoms with van der Waals surface area (Å²) in [6.45, 7) is 8.72. The van der Waals surface area contributed by atoms with Crippen LogP contribution in [0.15, 0.2) is 6.07 Å². The quantitative estimate of drug-likeness (QED) is 0.558. The highest BCUT2D eigenvalue weighted by molar-refractivity contribution is 7.14. The van der Waals surface area contributed by atoms with E-state index in [9.17, 15) is 14.7 Å². The molecular formula is C24H34O4S. The van der Waals surface area contributed by atoms with E-state index in [1.54, 1.807) is 7.11 Å². The minimum atomic E-state index is -0.982. The first-order valence-electron chi connectivity index (χ1n) is 10.7. The highest BCUT2D eigenvalue weighted by Crippen LogP contribution is 2.40. The second-order valence-electron chi connectivity index (χ2n) is 8.58. The minimum absolute atomic E-state index is 0.00819. The Balaban J connectivity index is 2.48. The van der Waals surface area contributed by atoms with Crippen molar-refractivity contribution < 1.29 is 19.4 Å². The molecule has 0 amide bonds. The molecule has 1 heterocycles. The molecule has 29 heavy (non-hydrogen) atoms. The molecule has 1 aliphatic carbocycles. The molecule has 0 aromatic carbocycles. The van der Waals surface area contributed by atoms with Crippen molar-refractivity contribution in [2.24, 2.45) is 23.7 Å². The van der Waals surface area contributed by atoms with Crippen LogP contribution in [0.5, 0.6) is 0 Å². The molecule has 1 aromatic heterocycles. The molecule has 0 aliphatic heterocycles. The van der Waals surface area contributed by atoms with E-state index in [1.807, 2.05) is 26.8 Å². The summed E-state index contributed by atoms with van der Waals surface area (Å²) in [7, 11) is 1.64. The number of hydrogen-bond donors (Lipinski definition) is 1. The van der Waals surface area contributed by atoms with Gasteiger partial charge in [-0.05, 0) is 36.3 Å². The number of rotatable bonds is 8. The normalized spacial score (nSPS) is 21.3. The number of hydrogen-bond acceptors (Lipinski definition) is 4. The molecule has 1 saturated carbocycles. The molecule has 1 aliphatic rings. The third kappa shape index (κ3) is 6.17. The molecule has 1 fully saturated rings. The van der Waals surface area contributed by atoms with Crippen LogP contribution in [-0.4, -0.2) is 30.6 Å². The van der Waals surface area contributed by atoms with Crippen LogP contribution in [0, 0.1) is 35.5 Å². The molecule has 0 radical (unpaired) electrons. The standard InChI is InChI=1S/C24H34O4S/c1-6-17(14-28-5)21(22(25)18-10-8-16(4)9-11-18)20-13-19(12-7-15(2)3)29-23(20)24(26)27/h13,15-18,21H,6,8-11,14H2,1-5H3,(H,26,27)/t16?,17-,18?,21?/m1/s1. The van der Waals surface area contributed by atoms with E-state index in [2.05, 4.69) is 18.8 Å². The molecule has 5 heteroatoms. The summed E-state index contributed by atoms with van der Waals surface area (Å²) in [5, 5.41) is 9.84. The molecule has 4 nitrogen and oxygen atoms in total. The zero-order chi connectivity index (χ0) is 21.6. The van der Waals surface area contributed by atoms with Gasteiger partial charge in [0.25, 0.3) is 0 Å². The predicted octanol–water partition coefficient (Wildman–Crippen LogP) is 5.61. The van der Waals surface area contributed by atoms with Gasteiger partial charge in [-0.25, -0.2) is 4.79 Å². The lowest BCUT2D eigenvalue weighted by molar-refractivity contribution is -0.127. The summed E-state index contributed by atoms with van der Waals surface area (Å²) in [5.41, 5.74) is 0.628. The number of carbonyl (C=O) groups is 2. The lowest BCUT2D eigenvalue weighted by Crippen LogP contribution is -2.32. The largest absolute Gasteiger partial charge is 0.477 e. The summed E-state index contributed by atoms with van der Waals surface area (Å²) in [6.07, 6.45) is 4.67. The van der Waals surface area contributed by atoms with Gasteiger partial charge in [0, 0.05) is 24.9 Å². The van der Waals surface area contributed by atoms with Gasteiger partial charge in [-0.2, -0.15) is 0 Å². The molecule has 1 aromatic rings. The lowest BCUT2D eigenvalue weighted by Gasteiger charge is -2.31. The van der Waals surface area contributed by atoms with Crippen LogP contribution >= 0.6 is 11.3 Å². The highest BCUT2D eigenvalue weighted by Gasteiger charge is 2.38. The molecule has 2 rings (SSSR count). The van der Waals surface area contributed by atoms with Crippen molar-refractivity contribution in [3.8, 4) is 11.8 Å². The van der Waals surface area contributed by atoms with Crippen molar-refractivity contribution in [1.82, 2.24) is 0 Å². The SMILES string of the molecule is CC[C@H](COC)C(C(=O)C1CCC(C)CC1)c1cc(C#CC(C)C)sc1C(=O)O. The van der Waals surface area contributed by atoms with Crippen LogP contribution in [0.3, 0.4) is 0 Å². The zero-order valence-electron chi connectivity index (χ0n) is 18.3. The Morgan fingerprint density at radius 1 is 1.28 bits per heavy atom. The van der Waals surface area contributed by atoms with Crippen LogP contribution < -0.4 is 0 Å². The van der Waals surface area contributed by atoms with Crippen LogP contribution in [0.4, 0.5) is 0 Å². The molecule has 0 spiro atoms. The Kier molecular flexibility index (Phi) is 8.92. The molecule has 2 atom stereocenters.